The first-order valence-electron chi connectivity index (χ1n) is 10.2. The summed E-state index contributed by atoms with van der Waals surface area (Å²) in [6.07, 6.45) is -0.291. The fraction of sp³-hybridized carbons (Fsp3) is 0.364. The van der Waals surface area contributed by atoms with Crippen molar-refractivity contribution in [1.29, 1.82) is 0 Å². The molecule has 0 N–H and O–H groups in total. The van der Waals surface area contributed by atoms with Crippen molar-refractivity contribution in [3.05, 3.63) is 41.4 Å². The molecule has 5 rings (SSSR count). The van der Waals surface area contributed by atoms with E-state index in [4.69, 9.17) is 35.3 Å². The summed E-state index contributed by atoms with van der Waals surface area (Å²) in [5.74, 6) is 2.02. The maximum atomic E-state index is 13.0. The lowest BCUT2D eigenvalue weighted by Gasteiger charge is -2.35. The molecule has 0 aliphatic carbocycles. The van der Waals surface area contributed by atoms with Crippen LogP contribution in [0.2, 0.25) is 5.02 Å². The molecule has 0 bridgehead atoms. The highest BCUT2D eigenvalue weighted by Gasteiger charge is 2.31. The predicted octanol–water partition coefficient (Wildman–Crippen LogP) is 2.10. The van der Waals surface area contributed by atoms with Gasteiger partial charge in [-0.15, -0.1) is 0 Å². The lowest BCUT2D eigenvalue weighted by atomic mass is 10.2. The SMILES string of the molecule is O=C(CN1C(=O)COc2ccc(Cl)cc21)N1CCOC(COc2ccc3c(c2)OCO3)C1. The number of nitrogens with zero attached hydrogens (tertiary/aromatic N) is 2. The summed E-state index contributed by atoms with van der Waals surface area (Å²) < 4.78 is 27.7. The number of rotatable bonds is 5. The lowest BCUT2D eigenvalue weighted by Crippen LogP contribution is -2.52. The maximum absolute atomic E-state index is 13.0. The molecule has 1 unspecified atom stereocenters. The van der Waals surface area contributed by atoms with Crippen molar-refractivity contribution in [2.45, 2.75) is 6.10 Å². The summed E-state index contributed by atoms with van der Waals surface area (Å²) in [7, 11) is 0. The number of carbonyl (C=O) groups excluding carboxylic acids is 2. The van der Waals surface area contributed by atoms with E-state index in [9.17, 15) is 9.59 Å². The van der Waals surface area contributed by atoms with E-state index in [0.29, 0.717) is 53.4 Å². The zero-order valence-corrected chi connectivity index (χ0v) is 17.9. The minimum atomic E-state index is -0.291. The van der Waals surface area contributed by atoms with Gasteiger partial charge in [0.1, 0.15) is 30.8 Å². The second-order valence-corrected chi connectivity index (χ2v) is 7.98. The van der Waals surface area contributed by atoms with Gasteiger partial charge in [0, 0.05) is 17.6 Å². The first-order chi connectivity index (χ1) is 15.6. The van der Waals surface area contributed by atoms with E-state index in [0.717, 1.165) is 0 Å². The lowest BCUT2D eigenvalue weighted by molar-refractivity contribution is -0.139. The number of morpholine rings is 1. The van der Waals surface area contributed by atoms with Gasteiger partial charge in [0.2, 0.25) is 12.7 Å². The Labute approximate surface area is 189 Å². The van der Waals surface area contributed by atoms with E-state index < -0.39 is 0 Å². The molecular formula is C22H21ClN2O7. The van der Waals surface area contributed by atoms with Gasteiger partial charge in [-0.25, -0.2) is 0 Å². The summed E-state index contributed by atoms with van der Waals surface area (Å²) in [6, 6.07) is 10.4. The van der Waals surface area contributed by atoms with E-state index >= 15 is 0 Å². The topological polar surface area (TPSA) is 86.8 Å². The largest absolute Gasteiger partial charge is 0.491 e. The molecular weight excluding hydrogens is 440 g/mol. The number of amides is 2. The average Bonchev–Trinajstić information content (AvgIpc) is 3.28. The fourth-order valence-corrected chi connectivity index (χ4v) is 3.95. The van der Waals surface area contributed by atoms with Crippen molar-refractivity contribution < 1.29 is 33.3 Å². The van der Waals surface area contributed by atoms with Crippen LogP contribution in [-0.2, 0) is 14.3 Å². The number of hydrogen-bond donors (Lipinski definition) is 0. The first-order valence-corrected chi connectivity index (χ1v) is 10.6. The third-order valence-corrected chi connectivity index (χ3v) is 5.66. The third kappa shape index (κ3) is 4.26. The molecule has 32 heavy (non-hydrogen) atoms. The molecule has 1 fully saturated rings. The molecule has 2 aromatic rings. The number of hydrogen-bond acceptors (Lipinski definition) is 7. The monoisotopic (exact) mass is 460 g/mol. The van der Waals surface area contributed by atoms with Gasteiger partial charge in [0.15, 0.2) is 18.1 Å². The molecule has 10 heteroatoms. The van der Waals surface area contributed by atoms with E-state index in [1.807, 2.05) is 0 Å². The number of benzene rings is 2. The molecule has 168 valence electrons. The molecule has 3 aliphatic heterocycles. The smallest absolute Gasteiger partial charge is 0.265 e. The summed E-state index contributed by atoms with van der Waals surface area (Å²) in [6.45, 7) is 1.47. The molecule has 1 atom stereocenters. The highest BCUT2D eigenvalue weighted by molar-refractivity contribution is 6.31. The van der Waals surface area contributed by atoms with Crippen LogP contribution in [0, 0.1) is 0 Å². The summed E-state index contributed by atoms with van der Waals surface area (Å²) in [5.41, 5.74) is 0.498. The van der Waals surface area contributed by atoms with Crippen molar-refractivity contribution in [1.82, 2.24) is 4.90 Å². The maximum Gasteiger partial charge on any atom is 0.265 e. The zero-order valence-electron chi connectivity index (χ0n) is 17.1. The Morgan fingerprint density at radius 3 is 2.84 bits per heavy atom. The number of halogens is 1. The summed E-state index contributed by atoms with van der Waals surface area (Å²) >= 11 is 6.08. The van der Waals surface area contributed by atoms with Crippen LogP contribution in [0.25, 0.3) is 0 Å². The van der Waals surface area contributed by atoms with Gasteiger partial charge in [-0.05, 0) is 30.3 Å². The van der Waals surface area contributed by atoms with Gasteiger partial charge in [-0.1, -0.05) is 11.6 Å². The molecule has 3 heterocycles. The van der Waals surface area contributed by atoms with Crippen LogP contribution >= 0.6 is 11.6 Å². The van der Waals surface area contributed by atoms with Gasteiger partial charge in [-0.2, -0.15) is 0 Å². The van der Waals surface area contributed by atoms with E-state index in [1.165, 1.54) is 4.90 Å². The van der Waals surface area contributed by atoms with Gasteiger partial charge in [0.25, 0.3) is 5.91 Å². The Morgan fingerprint density at radius 2 is 1.94 bits per heavy atom. The molecule has 0 aromatic heterocycles. The second-order valence-electron chi connectivity index (χ2n) is 7.54. The van der Waals surface area contributed by atoms with E-state index in [-0.39, 0.29) is 44.5 Å². The van der Waals surface area contributed by atoms with Crippen molar-refractivity contribution in [3.63, 3.8) is 0 Å². The third-order valence-electron chi connectivity index (χ3n) is 5.43. The standard InChI is InChI=1S/C22H21ClN2O7/c23-14-1-3-18-17(7-14)25(22(27)12-30-18)10-21(26)24-5-6-28-16(9-24)11-29-15-2-4-19-20(8-15)32-13-31-19/h1-4,7-8,16H,5-6,9-13H2. The van der Waals surface area contributed by atoms with E-state index in [2.05, 4.69) is 0 Å². The molecule has 0 spiro atoms. The fourth-order valence-electron chi connectivity index (χ4n) is 3.79. The van der Waals surface area contributed by atoms with Gasteiger partial charge in [-0.3, -0.25) is 14.5 Å². The number of ether oxygens (including phenoxy) is 5. The van der Waals surface area contributed by atoms with Gasteiger partial charge in [0.05, 0.1) is 18.8 Å². The number of carbonyl (C=O) groups is 2. The van der Waals surface area contributed by atoms with Crippen LogP contribution in [0.5, 0.6) is 23.0 Å². The molecule has 3 aliphatic rings. The molecule has 2 amide bonds. The Balaban J connectivity index is 1.20. The summed E-state index contributed by atoms with van der Waals surface area (Å²) in [4.78, 5) is 28.5. The molecule has 9 nitrogen and oxygen atoms in total. The van der Waals surface area contributed by atoms with Crippen molar-refractivity contribution in [2.24, 2.45) is 0 Å². The zero-order chi connectivity index (χ0) is 22.1. The Bertz CT molecular complexity index is 1050. The summed E-state index contributed by atoms with van der Waals surface area (Å²) in [5, 5.41) is 0.464. The average molecular weight is 461 g/mol. The predicted molar refractivity (Wildman–Crippen MR) is 114 cm³/mol. The van der Waals surface area contributed by atoms with E-state index in [1.54, 1.807) is 41.3 Å². The van der Waals surface area contributed by atoms with Crippen LogP contribution in [0.15, 0.2) is 36.4 Å². The highest BCUT2D eigenvalue weighted by atomic mass is 35.5. The van der Waals surface area contributed by atoms with Crippen LogP contribution in [0.3, 0.4) is 0 Å². The molecule has 1 saturated heterocycles. The Kier molecular flexibility index (Phi) is 5.67. The number of fused-ring (bicyclic) bond motifs is 2. The normalized spacial score (nSPS) is 19.4. The van der Waals surface area contributed by atoms with Crippen molar-refractivity contribution >= 4 is 29.1 Å². The van der Waals surface area contributed by atoms with Crippen LogP contribution in [0.4, 0.5) is 5.69 Å². The van der Waals surface area contributed by atoms with Crippen LogP contribution in [0.1, 0.15) is 0 Å². The second kappa shape index (κ2) is 8.76. The number of anilines is 1. The minimum Gasteiger partial charge on any atom is -0.491 e. The Morgan fingerprint density at radius 1 is 1.09 bits per heavy atom. The van der Waals surface area contributed by atoms with Crippen LogP contribution < -0.4 is 23.8 Å². The molecule has 2 aromatic carbocycles. The highest BCUT2D eigenvalue weighted by Crippen LogP contribution is 2.36. The van der Waals surface area contributed by atoms with Crippen molar-refractivity contribution in [2.75, 3.05) is 51.1 Å². The quantitative estimate of drug-likeness (QED) is 0.675. The van der Waals surface area contributed by atoms with Gasteiger partial charge >= 0.3 is 0 Å². The first kappa shape index (κ1) is 20.7. The van der Waals surface area contributed by atoms with Crippen LogP contribution in [-0.4, -0.2) is 69.1 Å². The van der Waals surface area contributed by atoms with Crippen molar-refractivity contribution in [3.8, 4) is 23.0 Å². The minimum absolute atomic E-state index is 0.0920. The van der Waals surface area contributed by atoms with Gasteiger partial charge < -0.3 is 28.6 Å². The molecule has 0 saturated carbocycles. The molecule has 0 radical (unpaired) electrons. The Hall–Kier alpha value is -3.17.